The van der Waals surface area contributed by atoms with E-state index in [-0.39, 0.29) is 5.41 Å². The fourth-order valence-corrected chi connectivity index (χ4v) is 3.53. The number of nitriles is 1. The molecule has 0 spiro atoms. The van der Waals surface area contributed by atoms with Gasteiger partial charge in [-0.2, -0.15) is 5.26 Å². The van der Waals surface area contributed by atoms with Gasteiger partial charge in [-0.1, -0.05) is 49.6 Å². The molecule has 0 bridgehead atoms. The van der Waals surface area contributed by atoms with Gasteiger partial charge < -0.3 is 4.90 Å². The van der Waals surface area contributed by atoms with Crippen LogP contribution in [0.2, 0.25) is 0 Å². The van der Waals surface area contributed by atoms with Crippen LogP contribution in [0.1, 0.15) is 44.1 Å². The van der Waals surface area contributed by atoms with Gasteiger partial charge in [-0.15, -0.1) is 0 Å². The Hall–Kier alpha value is -1.33. The number of hydrogen-bond acceptors (Lipinski definition) is 2. The molecule has 2 rings (SSSR count). The first-order valence-electron chi connectivity index (χ1n) is 7.80. The molecule has 0 amide bonds. The van der Waals surface area contributed by atoms with E-state index in [1.54, 1.807) is 0 Å². The maximum atomic E-state index is 10.0. The predicted octanol–water partition coefficient (Wildman–Crippen LogP) is 3.98. The molecule has 1 atom stereocenters. The largest absolute Gasteiger partial charge is 0.309 e. The van der Waals surface area contributed by atoms with Crippen molar-refractivity contribution in [3.05, 3.63) is 35.9 Å². The molecule has 1 saturated carbocycles. The quantitative estimate of drug-likeness (QED) is 0.809. The summed E-state index contributed by atoms with van der Waals surface area (Å²) >= 11 is 0. The topological polar surface area (TPSA) is 27.0 Å². The molecule has 1 unspecified atom stereocenters. The zero-order valence-electron chi connectivity index (χ0n) is 12.8. The van der Waals surface area contributed by atoms with Gasteiger partial charge in [0.1, 0.15) is 0 Å². The standard InChI is InChI=1S/C18H26N2/c1-20(2)14-13-18(15-19,16-9-5-3-6-10-16)17-11-7-4-8-12-17/h3,5-6,9-10,17H,4,7-8,11-14H2,1-2H3. The predicted molar refractivity (Wildman–Crippen MR) is 83.5 cm³/mol. The van der Waals surface area contributed by atoms with Crippen molar-refractivity contribution in [2.45, 2.75) is 43.9 Å². The first-order valence-corrected chi connectivity index (χ1v) is 7.80. The Balaban J connectivity index is 2.32. The lowest BCUT2D eigenvalue weighted by atomic mass is 9.64. The first kappa shape index (κ1) is 15.1. The number of benzene rings is 1. The second-order valence-corrected chi connectivity index (χ2v) is 6.34. The molecule has 20 heavy (non-hydrogen) atoms. The number of nitrogens with zero attached hydrogens (tertiary/aromatic N) is 2. The van der Waals surface area contributed by atoms with E-state index in [0.717, 1.165) is 13.0 Å². The lowest BCUT2D eigenvalue weighted by molar-refractivity contribution is 0.220. The van der Waals surface area contributed by atoms with Gasteiger partial charge in [0.15, 0.2) is 0 Å². The SMILES string of the molecule is CN(C)CCC(C#N)(c1ccccc1)C1CCCCC1. The van der Waals surface area contributed by atoms with Crippen molar-refractivity contribution in [3.63, 3.8) is 0 Å². The summed E-state index contributed by atoms with van der Waals surface area (Å²) in [5, 5.41) is 10.0. The van der Waals surface area contributed by atoms with Crippen LogP contribution in [0.15, 0.2) is 30.3 Å². The Morgan fingerprint density at radius 3 is 2.35 bits per heavy atom. The van der Waals surface area contributed by atoms with Crippen LogP contribution in [0.4, 0.5) is 0 Å². The summed E-state index contributed by atoms with van der Waals surface area (Å²) in [5.74, 6) is 0.517. The summed E-state index contributed by atoms with van der Waals surface area (Å²) in [7, 11) is 4.18. The Morgan fingerprint density at radius 1 is 1.15 bits per heavy atom. The molecule has 0 N–H and O–H groups in total. The third-order valence-electron chi connectivity index (χ3n) is 4.74. The van der Waals surface area contributed by atoms with Gasteiger partial charge in [0.25, 0.3) is 0 Å². The van der Waals surface area contributed by atoms with Crippen LogP contribution in [0.25, 0.3) is 0 Å². The highest BCUT2D eigenvalue weighted by Gasteiger charge is 2.40. The van der Waals surface area contributed by atoms with E-state index in [4.69, 9.17) is 0 Å². The van der Waals surface area contributed by atoms with Crippen LogP contribution >= 0.6 is 0 Å². The van der Waals surface area contributed by atoms with E-state index in [1.807, 2.05) is 6.07 Å². The van der Waals surface area contributed by atoms with E-state index in [2.05, 4.69) is 49.3 Å². The van der Waals surface area contributed by atoms with Crippen molar-refractivity contribution >= 4 is 0 Å². The molecule has 1 aromatic carbocycles. The molecule has 0 radical (unpaired) electrons. The minimum Gasteiger partial charge on any atom is -0.309 e. The van der Waals surface area contributed by atoms with Crippen LogP contribution in [0.3, 0.4) is 0 Å². The van der Waals surface area contributed by atoms with E-state index in [1.165, 1.54) is 37.7 Å². The zero-order valence-corrected chi connectivity index (χ0v) is 12.8. The lowest BCUT2D eigenvalue weighted by Crippen LogP contribution is -2.38. The molecule has 1 fully saturated rings. The maximum Gasteiger partial charge on any atom is 0.0862 e. The van der Waals surface area contributed by atoms with E-state index < -0.39 is 0 Å². The number of hydrogen-bond donors (Lipinski definition) is 0. The van der Waals surface area contributed by atoms with Gasteiger partial charge in [-0.05, 0) is 51.4 Å². The zero-order chi connectivity index (χ0) is 14.4. The van der Waals surface area contributed by atoms with Crippen molar-refractivity contribution < 1.29 is 0 Å². The van der Waals surface area contributed by atoms with Crippen LogP contribution in [0.5, 0.6) is 0 Å². The van der Waals surface area contributed by atoms with Gasteiger partial charge in [0, 0.05) is 0 Å². The van der Waals surface area contributed by atoms with Crippen molar-refractivity contribution in [2.75, 3.05) is 20.6 Å². The Kier molecular flexibility index (Phi) is 5.20. The van der Waals surface area contributed by atoms with Crippen LogP contribution in [-0.4, -0.2) is 25.5 Å². The van der Waals surface area contributed by atoms with Crippen LogP contribution in [-0.2, 0) is 5.41 Å². The molecular formula is C18H26N2. The van der Waals surface area contributed by atoms with Gasteiger partial charge >= 0.3 is 0 Å². The molecule has 108 valence electrons. The average molecular weight is 270 g/mol. The minimum absolute atomic E-state index is 0.300. The summed E-state index contributed by atoms with van der Waals surface area (Å²) in [5.41, 5.74) is 0.919. The molecule has 2 nitrogen and oxygen atoms in total. The van der Waals surface area contributed by atoms with E-state index >= 15 is 0 Å². The molecular weight excluding hydrogens is 244 g/mol. The Labute approximate surface area is 123 Å². The van der Waals surface area contributed by atoms with Gasteiger partial charge in [0.2, 0.25) is 0 Å². The van der Waals surface area contributed by atoms with Crippen molar-refractivity contribution in [2.24, 2.45) is 5.92 Å². The highest BCUT2D eigenvalue weighted by atomic mass is 15.0. The van der Waals surface area contributed by atoms with Gasteiger partial charge in [-0.3, -0.25) is 0 Å². The molecule has 0 heterocycles. The van der Waals surface area contributed by atoms with Crippen LogP contribution in [0, 0.1) is 17.2 Å². The average Bonchev–Trinajstić information content (AvgIpc) is 2.50. The van der Waals surface area contributed by atoms with E-state index in [0.29, 0.717) is 5.92 Å². The van der Waals surface area contributed by atoms with Crippen LogP contribution < -0.4 is 0 Å². The lowest BCUT2D eigenvalue weighted by Gasteiger charge is -2.38. The molecule has 1 aliphatic carbocycles. The number of rotatable bonds is 5. The second kappa shape index (κ2) is 6.90. The highest BCUT2D eigenvalue weighted by molar-refractivity contribution is 5.34. The first-order chi connectivity index (χ1) is 9.69. The molecule has 2 heteroatoms. The summed E-state index contributed by atoms with van der Waals surface area (Å²) in [6.07, 6.45) is 7.24. The monoisotopic (exact) mass is 270 g/mol. The second-order valence-electron chi connectivity index (χ2n) is 6.34. The smallest absolute Gasteiger partial charge is 0.0862 e. The minimum atomic E-state index is -0.300. The highest BCUT2D eigenvalue weighted by Crippen LogP contribution is 2.43. The Bertz CT molecular complexity index is 440. The van der Waals surface area contributed by atoms with E-state index in [9.17, 15) is 5.26 Å². The third-order valence-corrected chi connectivity index (χ3v) is 4.74. The van der Waals surface area contributed by atoms with Crippen molar-refractivity contribution in [1.82, 2.24) is 4.90 Å². The summed E-state index contributed by atoms with van der Waals surface area (Å²) in [4.78, 5) is 2.19. The molecule has 1 aromatic rings. The van der Waals surface area contributed by atoms with Gasteiger partial charge in [0.05, 0.1) is 11.5 Å². The third kappa shape index (κ3) is 3.22. The molecule has 0 aromatic heterocycles. The summed E-state index contributed by atoms with van der Waals surface area (Å²) in [6, 6.07) is 13.2. The molecule has 1 aliphatic rings. The maximum absolute atomic E-state index is 10.0. The Morgan fingerprint density at radius 2 is 1.80 bits per heavy atom. The fourth-order valence-electron chi connectivity index (χ4n) is 3.53. The summed E-state index contributed by atoms with van der Waals surface area (Å²) in [6.45, 7) is 0.971. The van der Waals surface area contributed by atoms with Crippen molar-refractivity contribution in [1.29, 1.82) is 5.26 Å². The summed E-state index contributed by atoms with van der Waals surface area (Å²) < 4.78 is 0. The van der Waals surface area contributed by atoms with Crippen molar-refractivity contribution in [3.8, 4) is 6.07 Å². The molecule has 0 aliphatic heterocycles. The normalized spacial score (nSPS) is 19.5. The van der Waals surface area contributed by atoms with Gasteiger partial charge in [-0.25, -0.2) is 0 Å². The molecule has 0 saturated heterocycles. The fraction of sp³-hybridized carbons (Fsp3) is 0.611.